The summed E-state index contributed by atoms with van der Waals surface area (Å²) in [6.07, 6.45) is 3.83. The third-order valence-corrected chi connectivity index (χ3v) is 7.23. The first kappa shape index (κ1) is 25.0. The number of carbonyl (C=O) groups is 1. The van der Waals surface area contributed by atoms with E-state index in [9.17, 15) is 4.79 Å². The lowest BCUT2D eigenvalue weighted by molar-refractivity contribution is 0.0271. The van der Waals surface area contributed by atoms with E-state index in [0.29, 0.717) is 35.3 Å². The summed E-state index contributed by atoms with van der Waals surface area (Å²) in [7, 11) is 2.12. The Hall–Kier alpha value is -2.72. The monoisotopic (exact) mass is 514 g/mol. The number of likely N-dealkylation sites (N-methyl/N-ethyl adjacent to an activating group) is 1. The van der Waals surface area contributed by atoms with Crippen molar-refractivity contribution in [3.05, 3.63) is 52.6 Å². The summed E-state index contributed by atoms with van der Waals surface area (Å²) in [6.45, 7) is 7.90. The van der Waals surface area contributed by atoms with Crippen LogP contribution in [0.3, 0.4) is 0 Å². The highest BCUT2D eigenvalue weighted by atomic mass is 35.5. The van der Waals surface area contributed by atoms with Crippen LogP contribution in [-0.2, 0) is 11.4 Å². The molecule has 3 aromatic rings. The van der Waals surface area contributed by atoms with E-state index in [0.717, 1.165) is 51.1 Å². The maximum atomic E-state index is 15.9. The molecule has 1 aliphatic heterocycles. The van der Waals surface area contributed by atoms with Gasteiger partial charge in [0.2, 0.25) is 0 Å². The number of imidazole rings is 1. The molecule has 2 aromatic carbocycles. The third kappa shape index (κ3) is 5.64. The number of hydrogen-bond acceptors (Lipinski definition) is 6. The van der Waals surface area contributed by atoms with Crippen LogP contribution in [0.4, 0.5) is 15.8 Å². The molecule has 10 heteroatoms. The maximum absolute atomic E-state index is 15.9. The fourth-order valence-electron chi connectivity index (χ4n) is 4.38. The molecule has 0 radical (unpaired) electrons. The van der Waals surface area contributed by atoms with Gasteiger partial charge in [-0.3, -0.25) is 14.5 Å². The molecule has 2 heterocycles. The summed E-state index contributed by atoms with van der Waals surface area (Å²) in [5, 5.41) is 3.47. The second kappa shape index (κ2) is 10.7. The predicted octanol–water partition coefficient (Wildman–Crippen LogP) is 4.20. The number of hydrogen-bond donors (Lipinski definition) is 2. The van der Waals surface area contributed by atoms with E-state index in [4.69, 9.17) is 16.4 Å². The quantitative estimate of drug-likeness (QED) is 0.417. The first-order chi connectivity index (χ1) is 17.4. The van der Waals surface area contributed by atoms with E-state index >= 15 is 4.39 Å². The zero-order chi connectivity index (χ0) is 25.2. The molecule has 1 saturated heterocycles. The molecule has 1 aromatic heterocycles. The number of halogens is 2. The van der Waals surface area contributed by atoms with E-state index in [-0.39, 0.29) is 16.8 Å². The Morgan fingerprint density at radius 3 is 2.69 bits per heavy atom. The summed E-state index contributed by atoms with van der Waals surface area (Å²) in [5.41, 5.74) is 4.89. The summed E-state index contributed by atoms with van der Waals surface area (Å²) in [6, 6.07) is 7.10. The van der Waals surface area contributed by atoms with Crippen molar-refractivity contribution in [2.75, 3.05) is 51.7 Å². The first-order valence-electron chi connectivity index (χ1n) is 12.4. The van der Waals surface area contributed by atoms with Crippen molar-refractivity contribution in [3.63, 3.8) is 0 Å². The second-order valence-corrected chi connectivity index (χ2v) is 10.3. The zero-order valence-electron chi connectivity index (χ0n) is 20.7. The molecular weight excluding hydrogens is 483 g/mol. The SMILES string of the molecule is Cc1ccc(Nc2c(C(=O)NOCC3CC3)cc3c(ncn3CCN3CCN(C)CC3)c2F)c(Cl)c1. The molecule has 0 bridgehead atoms. The topological polar surface area (TPSA) is 74.7 Å². The maximum Gasteiger partial charge on any atom is 0.277 e. The minimum absolute atomic E-state index is 0.0186. The van der Waals surface area contributed by atoms with Gasteiger partial charge >= 0.3 is 0 Å². The Morgan fingerprint density at radius 1 is 1.19 bits per heavy atom. The smallest absolute Gasteiger partial charge is 0.277 e. The molecular formula is C26H32ClFN6O2. The van der Waals surface area contributed by atoms with Gasteiger partial charge in [0.05, 0.1) is 40.4 Å². The Morgan fingerprint density at radius 2 is 1.97 bits per heavy atom. The lowest BCUT2D eigenvalue weighted by Crippen LogP contribution is -2.45. The van der Waals surface area contributed by atoms with Gasteiger partial charge in [0.25, 0.3) is 5.91 Å². The number of benzene rings is 2. The van der Waals surface area contributed by atoms with Crippen molar-refractivity contribution < 1.29 is 14.0 Å². The van der Waals surface area contributed by atoms with Crippen molar-refractivity contribution in [3.8, 4) is 0 Å². The van der Waals surface area contributed by atoms with Crippen molar-refractivity contribution in [1.29, 1.82) is 0 Å². The molecule has 2 aliphatic rings. The average molecular weight is 515 g/mol. The molecule has 0 atom stereocenters. The molecule has 0 unspecified atom stereocenters. The van der Waals surface area contributed by atoms with Gasteiger partial charge in [0, 0.05) is 39.3 Å². The fourth-order valence-corrected chi connectivity index (χ4v) is 4.66. The number of anilines is 2. The minimum atomic E-state index is -0.602. The van der Waals surface area contributed by atoms with Gasteiger partial charge in [-0.05, 0) is 56.5 Å². The van der Waals surface area contributed by atoms with Gasteiger partial charge in [0.1, 0.15) is 5.52 Å². The highest BCUT2D eigenvalue weighted by Crippen LogP contribution is 2.34. The highest BCUT2D eigenvalue weighted by molar-refractivity contribution is 6.33. The lowest BCUT2D eigenvalue weighted by Gasteiger charge is -2.32. The van der Waals surface area contributed by atoms with Crippen LogP contribution < -0.4 is 10.8 Å². The van der Waals surface area contributed by atoms with Crippen molar-refractivity contribution in [2.45, 2.75) is 26.3 Å². The Balaban J connectivity index is 1.44. The standard InChI is InChI=1S/C26H32ClFN6O2/c1-17-3-6-21(20(27)13-17)30-24-19(26(35)31-36-15-18-4-5-18)14-22-25(23(24)28)29-16-34(22)12-11-33-9-7-32(2)8-10-33/h3,6,13-14,16,18,30H,4-5,7-12,15H2,1-2H3,(H,31,35). The van der Waals surface area contributed by atoms with E-state index in [1.165, 1.54) is 0 Å². The Labute approximate surface area is 215 Å². The number of aryl methyl sites for hydroxylation is 1. The molecule has 1 aliphatic carbocycles. The summed E-state index contributed by atoms with van der Waals surface area (Å²) in [5.74, 6) is -0.645. The van der Waals surface area contributed by atoms with Gasteiger partial charge in [-0.25, -0.2) is 14.9 Å². The highest BCUT2D eigenvalue weighted by Gasteiger charge is 2.25. The molecule has 2 fully saturated rings. The number of fused-ring (bicyclic) bond motifs is 1. The van der Waals surface area contributed by atoms with Crippen LogP contribution in [0.25, 0.3) is 11.0 Å². The van der Waals surface area contributed by atoms with Crippen molar-refractivity contribution in [1.82, 2.24) is 24.8 Å². The number of nitrogens with one attached hydrogen (secondary N) is 2. The average Bonchev–Trinajstić information content (AvgIpc) is 3.59. The van der Waals surface area contributed by atoms with E-state index < -0.39 is 11.7 Å². The van der Waals surface area contributed by atoms with E-state index in [1.807, 2.05) is 17.6 Å². The fraction of sp³-hybridized carbons (Fsp3) is 0.462. The number of rotatable bonds is 9. The van der Waals surface area contributed by atoms with E-state index in [1.54, 1.807) is 24.5 Å². The Kier molecular flexibility index (Phi) is 7.43. The summed E-state index contributed by atoms with van der Waals surface area (Å²) >= 11 is 6.40. The van der Waals surface area contributed by atoms with Crippen LogP contribution in [0.1, 0.15) is 28.8 Å². The molecule has 0 spiro atoms. The number of aromatic nitrogens is 2. The minimum Gasteiger partial charge on any atom is -0.351 e. The number of piperazine rings is 1. The molecule has 5 rings (SSSR count). The molecule has 8 nitrogen and oxygen atoms in total. The van der Waals surface area contributed by atoms with Gasteiger partial charge in [-0.1, -0.05) is 17.7 Å². The number of amides is 1. The Bertz CT molecular complexity index is 1250. The number of nitrogens with zero attached hydrogens (tertiary/aromatic N) is 4. The van der Waals surface area contributed by atoms with Crippen molar-refractivity contribution >= 4 is 39.9 Å². The lowest BCUT2D eigenvalue weighted by atomic mass is 10.1. The third-order valence-electron chi connectivity index (χ3n) is 6.92. The van der Waals surface area contributed by atoms with Crippen LogP contribution in [0.5, 0.6) is 0 Å². The van der Waals surface area contributed by atoms with Crippen LogP contribution in [0, 0.1) is 18.7 Å². The van der Waals surface area contributed by atoms with Crippen molar-refractivity contribution in [2.24, 2.45) is 5.92 Å². The normalized spacial score (nSPS) is 17.0. The van der Waals surface area contributed by atoms with Crippen LogP contribution in [0.2, 0.25) is 5.02 Å². The van der Waals surface area contributed by atoms with Crippen LogP contribution >= 0.6 is 11.6 Å². The molecule has 1 saturated carbocycles. The molecule has 2 N–H and O–H groups in total. The van der Waals surface area contributed by atoms with Gasteiger partial charge in [-0.15, -0.1) is 0 Å². The predicted molar refractivity (Wildman–Crippen MR) is 139 cm³/mol. The zero-order valence-corrected chi connectivity index (χ0v) is 21.4. The molecule has 1 amide bonds. The summed E-state index contributed by atoms with van der Waals surface area (Å²) < 4.78 is 17.8. The van der Waals surface area contributed by atoms with Gasteiger partial charge < -0.3 is 14.8 Å². The second-order valence-electron chi connectivity index (χ2n) is 9.86. The number of carbonyl (C=O) groups excluding carboxylic acids is 1. The van der Waals surface area contributed by atoms with Crippen LogP contribution in [0.15, 0.2) is 30.6 Å². The van der Waals surface area contributed by atoms with Gasteiger partial charge in [-0.2, -0.15) is 0 Å². The van der Waals surface area contributed by atoms with Crippen LogP contribution in [-0.4, -0.2) is 71.6 Å². The summed E-state index contributed by atoms with van der Waals surface area (Å²) in [4.78, 5) is 27.6. The largest absolute Gasteiger partial charge is 0.351 e. The number of hydroxylamine groups is 1. The van der Waals surface area contributed by atoms with E-state index in [2.05, 4.69) is 32.6 Å². The first-order valence-corrected chi connectivity index (χ1v) is 12.8. The van der Waals surface area contributed by atoms with Gasteiger partial charge in [0.15, 0.2) is 5.82 Å². The molecule has 36 heavy (non-hydrogen) atoms. The molecule has 192 valence electrons.